The average molecular weight is 289 g/mol. The van der Waals surface area contributed by atoms with E-state index in [0.29, 0.717) is 11.7 Å². The van der Waals surface area contributed by atoms with Crippen molar-refractivity contribution >= 4 is 27.5 Å². The van der Waals surface area contributed by atoms with Crippen LogP contribution < -0.4 is 0 Å². The summed E-state index contributed by atoms with van der Waals surface area (Å²) in [5.41, 5.74) is 0.764. The molecule has 0 spiro atoms. The van der Waals surface area contributed by atoms with E-state index in [1.54, 1.807) is 19.3 Å². The Balaban J connectivity index is 2.37. The van der Waals surface area contributed by atoms with E-state index in [-0.39, 0.29) is 5.38 Å². The Hall–Kier alpha value is -0.940. The lowest BCUT2D eigenvalue weighted by atomic mass is 10.3. The normalized spacial score (nSPS) is 12.7. The molecule has 0 fully saturated rings. The van der Waals surface area contributed by atoms with Gasteiger partial charge in [0.1, 0.15) is 0 Å². The zero-order chi connectivity index (χ0) is 10.8. The molecule has 0 radical (unpaired) electrons. The van der Waals surface area contributed by atoms with Gasteiger partial charge in [0.25, 0.3) is 5.89 Å². The van der Waals surface area contributed by atoms with Gasteiger partial charge < -0.3 is 4.52 Å². The number of alkyl halides is 1. The highest BCUT2D eigenvalue weighted by atomic mass is 79.9. The molecule has 78 valence electrons. The molecule has 0 amide bonds. The first kappa shape index (κ1) is 10.6. The van der Waals surface area contributed by atoms with Gasteiger partial charge in [0, 0.05) is 16.9 Å². The topological polar surface area (TPSA) is 51.8 Å². The van der Waals surface area contributed by atoms with E-state index < -0.39 is 0 Å². The summed E-state index contributed by atoms with van der Waals surface area (Å²) < 4.78 is 5.92. The van der Waals surface area contributed by atoms with Crippen LogP contribution in [0.25, 0.3) is 11.5 Å². The second-order valence-electron chi connectivity index (χ2n) is 2.97. The second-order valence-corrected chi connectivity index (χ2v) is 4.54. The molecule has 0 aliphatic carbocycles. The van der Waals surface area contributed by atoms with Gasteiger partial charge in [-0.05, 0) is 28.9 Å². The Morgan fingerprint density at radius 1 is 1.47 bits per heavy atom. The quantitative estimate of drug-likeness (QED) is 0.796. The van der Waals surface area contributed by atoms with Gasteiger partial charge in [-0.25, -0.2) is 0 Å². The number of nitrogens with zero attached hydrogens (tertiary/aromatic N) is 3. The van der Waals surface area contributed by atoms with Gasteiger partial charge >= 0.3 is 0 Å². The first-order valence-corrected chi connectivity index (χ1v) is 5.48. The van der Waals surface area contributed by atoms with Gasteiger partial charge in [-0.1, -0.05) is 5.16 Å². The van der Waals surface area contributed by atoms with E-state index in [2.05, 4.69) is 31.1 Å². The smallest absolute Gasteiger partial charge is 0.259 e. The third-order valence-electron chi connectivity index (χ3n) is 1.75. The third-order valence-corrected chi connectivity index (χ3v) is 2.38. The number of hydrogen-bond donors (Lipinski definition) is 0. The third kappa shape index (κ3) is 2.35. The number of aromatic nitrogens is 3. The molecule has 1 atom stereocenters. The van der Waals surface area contributed by atoms with Gasteiger partial charge in [0.05, 0.1) is 10.9 Å². The first-order chi connectivity index (χ1) is 7.16. The lowest BCUT2D eigenvalue weighted by molar-refractivity contribution is 0.422. The van der Waals surface area contributed by atoms with E-state index in [9.17, 15) is 0 Å². The lowest BCUT2D eigenvalue weighted by Gasteiger charge is -1.93. The summed E-state index contributed by atoms with van der Waals surface area (Å²) in [7, 11) is 0. The molecule has 2 aromatic rings. The predicted octanol–water partition coefficient (Wildman–Crippen LogP) is 3.19. The molecule has 2 rings (SSSR count). The largest absolute Gasteiger partial charge is 0.334 e. The Bertz CT molecular complexity index is 472. The fourth-order valence-corrected chi connectivity index (χ4v) is 1.50. The molecule has 2 aromatic heterocycles. The van der Waals surface area contributed by atoms with Crippen LogP contribution in [0.15, 0.2) is 27.5 Å². The van der Waals surface area contributed by atoms with Crippen molar-refractivity contribution in [3.05, 3.63) is 28.8 Å². The van der Waals surface area contributed by atoms with E-state index in [1.165, 1.54) is 0 Å². The summed E-state index contributed by atoms with van der Waals surface area (Å²) in [6.07, 6.45) is 3.34. The second kappa shape index (κ2) is 4.28. The van der Waals surface area contributed by atoms with Gasteiger partial charge in [0.2, 0.25) is 0 Å². The summed E-state index contributed by atoms with van der Waals surface area (Å²) in [4.78, 5) is 8.16. The molecule has 0 N–H and O–H groups in total. The van der Waals surface area contributed by atoms with E-state index in [1.807, 2.05) is 6.07 Å². The van der Waals surface area contributed by atoms with Gasteiger partial charge in [0.15, 0.2) is 5.82 Å². The van der Waals surface area contributed by atoms with Crippen LogP contribution in [0, 0.1) is 0 Å². The van der Waals surface area contributed by atoms with E-state index >= 15 is 0 Å². The van der Waals surface area contributed by atoms with Gasteiger partial charge in [-0.2, -0.15) is 4.98 Å². The zero-order valence-corrected chi connectivity index (χ0v) is 10.2. The highest BCUT2D eigenvalue weighted by Gasteiger charge is 2.12. The summed E-state index contributed by atoms with van der Waals surface area (Å²) in [5.74, 6) is 0.901. The van der Waals surface area contributed by atoms with Crippen molar-refractivity contribution < 1.29 is 4.52 Å². The molecular formula is C9H7BrClN3O. The minimum atomic E-state index is -0.261. The monoisotopic (exact) mass is 287 g/mol. The van der Waals surface area contributed by atoms with Crippen molar-refractivity contribution in [1.29, 1.82) is 0 Å². The van der Waals surface area contributed by atoms with Crippen LogP contribution in [-0.4, -0.2) is 15.1 Å². The standard InChI is InChI=1S/C9H7BrClN3O/c1-5(11)8-13-9(15-14-8)6-2-7(10)4-12-3-6/h2-5H,1H3. The molecular weight excluding hydrogens is 281 g/mol. The van der Waals surface area contributed by atoms with Gasteiger partial charge in [-0.3, -0.25) is 4.98 Å². The van der Waals surface area contributed by atoms with Crippen LogP contribution in [0.5, 0.6) is 0 Å². The average Bonchev–Trinajstić information content (AvgIpc) is 2.66. The molecule has 0 aromatic carbocycles. The van der Waals surface area contributed by atoms with Crippen LogP contribution in [-0.2, 0) is 0 Å². The minimum Gasteiger partial charge on any atom is -0.334 e. The van der Waals surface area contributed by atoms with Crippen molar-refractivity contribution in [2.45, 2.75) is 12.3 Å². The number of rotatable bonds is 2. The number of pyridine rings is 1. The zero-order valence-electron chi connectivity index (χ0n) is 7.82. The first-order valence-electron chi connectivity index (χ1n) is 4.25. The molecule has 0 aliphatic heterocycles. The minimum absolute atomic E-state index is 0.261. The Morgan fingerprint density at radius 2 is 2.27 bits per heavy atom. The molecule has 15 heavy (non-hydrogen) atoms. The Morgan fingerprint density at radius 3 is 2.87 bits per heavy atom. The maximum absolute atomic E-state index is 5.83. The number of halogens is 2. The van der Waals surface area contributed by atoms with Gasteiger partial charge in [-0.15, -0.1) is 11.6 Å². The predicted molar refractivity (Wildman–Crippen MR) is 59.5 cm³/mol. The van der Waals surface area contributed by atoms with Crippen molar-refractivity contribution in [1.82, 2.24) is 15.1 Å². The van der Waals surface area contributed by atoms with Crippen molar-refractivity contribution in [3.8, 4) is 11.5 Å². The maximum atomic E-state index is 5.83. The molecule has 4 nitrogen and oxygen atoms in total. The fraction of sp³-hybridized carbons (Fsp3) is 0.222. The summed E-state index contributed by atoms with van der Waals surface area (Å²) >= 11 is 9.14. The van der Waals surface area contributed by atoms with E-state index in [4.69, 9.17) is 16.1 Å². The Labute approximate surface area is 99.8 Å². The van der Waals surface area contributed by atoms with Crippen LogP contribution in [0.1, 0.15) is 18.1 Å². The highest BCUT2D eigenvalue weighted by Crippen LogP contribution is 2.23. The van der Waals surface area contributed by atoms with Crippen molar-refractivity contribution in [2.24, 2.45) is 0 Å². The summed E-state index contributed by atoms with van der Waals surface area (Å²) in [6, 6.07) is 1.85. The van der Waals surface area contributed by atoms with Crippen LogP contribution >= 0.6 is 27.5 Å². The van der Waals surface area contributed by atoms with Crippen LogP contribution in [0.2, 0.25) is 0 Å². The SMILES string of the molecule is CC(Cl)c1noc(-c2cncc(Br)c2)n1. The molecule has 6 heteroatoms. The summed E-state index contributed by atoms with van der Waals surface area (Å²) in [5, 5.41) is 3.50. The van der Waals surface area contributed by atoms with Crippen LogP contribution in [0.4, 0.5) is 0 Å². The maximum Gasteiger partial charge on any atom is 0.259 e. The Kier molecular flexibility index (Phi) is 3.02. The molecule has 0 aliphatic rings. The molecule has 0 saturated carbocycles. The fourth-order valence-electron chi connectivity index (χ4n) is 1.04. The number of hydrogen-bond acceptors (Lipinski definition) is 4. The van der Waals surface area contributed by atoms with E-state index in [0.717, 1.165) is 10.0 Å². The lowest BCUT2D eigenvalue weighted by Crippen LogP contribution is -1.87. The molecule has 0 bridgehead atoms. The summed E-state index contributed by atoms with van der Waals surface area (Å²) in [6.45, 7) is 1.79. The highest BCUT2D eigenvalue weighted by molar-refractivity contribution is 9.10. The molecule has 1 unspecified atom stereocenters. The molecule has 2 heterocycles. The molecule has 0 saturated heterocycles. The van der Waals surface area contributed by atoms with Crippen LogP contribution in [0.3, 0.4) is 0 Å². The van der Waals surface area contributed by atoms with Crippen molar-refractivity contribution in [3.63, 3.8) is 0 Å². The van der Waals surface area contributed by atoms with Crippen molar-refractivity contribution in [2.75, 3.05) is 0 Å².